The Kier molecular flexibility index (Phi) is 3.74. The van der Waals surface area contributed by atoms with Gasteiger partial charge in [0.2, 0.25) is 5.91 Å². The molecule has 0 spiro atoms. The topological polar surface area (TPSA) is 42.0 Å². The maximum Gasteiger partial charge on any atom is 0.227 e. The first-order chi connectivity index (χ1) is 8.86. The standard InChI is InChI=1S/C16H22N2O/c1-11-5-7-13(15(19)18-11)9-12-6-8-14(17-10-12)16(2,3)4/h6,8,10,13H,1,5,7,9H2,2-4H3,(H,18,19). The van der Waals surface area contributed by atoms with Gasteiger partial charge < -0.3 is 5.32 Å². The zero-order valence-electron chi connectivity index (χ0n) is 12.0. The molecule has 1 amide bonds. The van der Waals surface area contributed by atoms with Gasteiger partial charge in [-0.25, -0.2) is 0 Å². The Labute approximate surface area is 115 Å². The van der Waals surface area contributed by atoms with Crippen LogP contribution in [0.3, 0.4) is 0 Å². The maximum atomic E-state index is 11.8. The van der Waals surface area contributed by atoms with E-state index < -0.39 is 0 Å². The molecule has 19 heavy (non-hydrogen) atoms. The summed E-state index contributed by atoms with van der Waals surface area (Å²) in [5, 5.41) is 2.83. The number of aromatic nitrogens is 1. The third-order valence-corrected chi connectivity index (χ3v) is 3.54. The number of hydrogen-bond acceptors (Lipinski definition) is 2. The first-order valence-electron chi connectivity index (χ1n) is 6.80. The van der Waals surface area contributed by atoms with Crippen molar-refractivity contribution < 1.29 is 4.79 Å². The summed E-state index contributed by atoms with van der Waals surface area (Å²) in [5.74, 6) is 0.143. The van der Waals surface area contributed by atoms with Gasteiger partial charge in [-0.3, -0.25) is 9.78 Å². The monoisotopic (exact) mass is 258 g/mol. The quantitative estimate of drug-likeness (QED) is 0.886. The molecule has 1 saturated heterocycles. The van der Waals surface area contributed by atoms with E-state index in [0.29, 0.717) is 0 Å². The summed E-state index contributed by atoms with van der Waals surface area (Å²) in [6.45, 7) is 10.2. The Morgan fingerprint density at radius 2 is 2.16 bits per heavy atom. The zero-order chi connectivity index (χ0) is 14.0. The molecular weight excluding hydrogens is 236 g/mol. The number of carbonyl (C=O) groups is 1. The predicted octanol–water partition coefficient (Wildman–Crippen LogP) is 2.96. The van der Waals surface area contributed by atoms with E-state index in [0.717, 1.165) is 36.2 Å². The first-order valence-corrected chi connectivity index (χ1v) is 6.80. The van der Waals surface area contributed by atoms with Crippen LogP contribution in [0.5, 0.6) is 0 Å². The van der Waals surface area contributed by atoms with E-state index in [9.17, 15) is 4.79 Å². The molecule has 0 bridgehead atoms. The van der Waals surface area contributed by atoms with Gasteiger partial charge in [-0.15, -0.1) is 0 Å². The molecule has 0 saturated carbocycles. The summed E-state index contributed by atoms with van der Waals surface area (Å²) in [6, 6.07) is 4.15. The van der Waals surface area contributed by atoms with Gasteiger partial charge in [-0.05, 0) is 30.9 Å². The molecule has 0 aromatic carbocycles. The highest BCUT2D eigenvalue weighted by atomic mass is 16.1. The molecule has 1 aromatic heterocycles. The Balaban J connectivity index is 2.04. The lowest BCUT2D eigenvalue weighted by Crippen LogP contribution is -2.35. The van der Waals surface area contributed by atoms with Gasteiger partial charge in [0.25, 0.3) is 0 Å². The molecule has 1 unspecified atom stereocenters. The second-order valence-corrected chi connectivity index (χ2v) is 6.33. The molecule has 3 nitrogen and oxygen atoms in total. The highest BCUT2D eigenvalue weighted by molar-refractivity contribution is 5.81. The number of piperidine rings is 1. The number of pyridine rings is 1. The summed E-state index contributed by atoms with van der Waals surface area (Å²) in [4.78, 5) is 16.3. The van der Waals surface area contributed by atoms with Crippen molar-refractivity contribution in [1.29, 1.82) is 0 Å². The summed E-state index contributed by atoms with van der Waals surface area (Å²) < 4.78 is 0. The molecule has 1 N–H and O–H groups in total. The van der Waals surface area contributed by atoms with Crippen molar-refractivity contribution in [3.05, 3.63) is 41.9 Å². The molecule has 1 fully saturated rings. The second kappa shape index (κ2) is 5.16. The minimum absolute atomic E-state index is 0.0489. The number of nitrogens with one attached hydrogen (secondary N) is 1. The van der Waals surface area contributed by atoms with Gasteiger partial charge in [0, 0.05) is 28.9 Å². The lowest BCUT2D eigenvalue weighted by molar-refractivity contribution is -0.125. The van der Waals surface area contributed by atoms with Gasteiger partial charge in [0.15, 0.2) is 0 Å². The fourth-order valence-corrected chi connectivity index (χ4v) is 2.29. The summed E-state index contributed by atoms with van der Waals surface area (Å²) >= 11 is 0. The smallest absolute Gasteiger partial charge is 0.227 e. The van der Waals surface area contributed by atoms with E-state index >= 15 is 0 Å². The summed E-state index contributed by atoms with van der Waals surface area (Å²) in [5.41, 5.74) is 3.11. The van der Waals surface area contributed by atoms with Crippen LogP contribution < -0.4 is 5.32 Å². The Bertz CT molecular complexity index is 482. The lowest BCUT2D eigenvalue weighted by atomic mass is 9.89. The van der Waals surface area contributed by atoms with E-state index in [1.165, 1.54) is 0 Å². The summed E-state index contributed by atoms with van der Waals surface area (Å²) in [7, 11) is 0. The third-order valence-electron chi connectivity index (χ3n) is 3.54. The van der Waals surface area contributed by atoms with Gasteiger partial charge in [0.05, 0.1) is 0 Å². The van der Waals surface area contributed by atoms with Crippen LogP contribution in [0.4, 0.5) is 0 Å². The molecule has 3 heteroatoms. The average molecular weight is 258 g/mol. The van der Waals surface area contributed by atoms with Crippen molar-refractivity contribution >= 4 is 5.91 Å². The van der Waals surface area contributed by atoms with Crippen molar-refractivity contribution in [2.75, 3.05) is 0 Å². The number of hydrogen-bond donors (Lipinski definition) is 1. The van der Waals surface area contributed by atoms with E-state index in [-0.39, 0.29) is 17.2 Å². The van der Waals surface area contributed by atoms with Gasteiger partial charge in [-0.2, -0.15) is 0 Å². The van der Waals surface area contributed by atoms with Crippen molar-refractivity contribution in [2.24, 2.45) is 5.92 Å². The molecule has 0 radical (unpaired) electrons. The molecule has 1 aliphatic rings. The number of amides is 1. The van der Waals surface area contributed by atoms with Crippen LogP contribution in [0.15, 0.2) is 30.6 Å². The van der Waals surface area contributed by atoms with Crippen molar-refractivity contribution in [1.82, 2.24) is 10.3 Å². The fourth-order valence-electron chi connectivity index (χ4n) is 2.29. The molecule has 1 atom stereocenters. The van der Waals surface area contributed by atoms with Gasteiger partial charge >= 0.3 is 0 Å². The Morgan fingerprint density at radius 1 is 1.42 bits per heavy atom. The van der Waals surface area contributed by atoms with Crippen molar-refractivity contribution in [3.63, 3.8) is 0 Å². The SMILES string of the molecule is C=C1CCC(Cc2ccc(C(C)(C)C)nc2)C(=O)N1. The Hall–Kier alpha value is -1.64. The van der Waals surface area contributed by atoms with E-state index in [1.807, 2.05) is 6.20 Å². The largest absolute Gasteiger partial charge is 0.330 e. The lowest BCUT2D eigenvalue weighted by Gasteiger charge is -2.23. The fraction of sp³-hybridized carbons (Fsp3) is 0.500. The third kappa shape index (κ3) is 3.43. The number of allylic oxidation sites excluding steroid dienone is 1. The highest BCUT2D eigenvalue weighted by Gasteiger charge is 2.24. The highest BCUT2D eigenvalue weighted by Crippen LogP contribution is 2.23. The van der Waals surface area contributed by atoms with Crippen LogP contribution in [0.2, 0.25) is 0 Å². The van der Waals surface area contributed by atoms with E-state index in [4.69, 9.17) is 0 Å². The van der Waals surface area contributed by atoms with Gasteiger partial charge in [0.1, 0.15) is 0 Å². The van der Waals surface area contributed by atoms with Crippen LogP contribution in [0.1, 0.15) is 44.9 Å². The van der Waals surface area contributed by atoms with Crippen LogP contribution in [0, 0.1) is 5.92 Å². The second-order valence-electron chi connectivity index (χ2n) is 6.33. The molecule has 2 heterocycles. The van der Waals surface area contributed by atoms with Crippen LogP contribution in [-0.4, -0.2) is 10.9 Å². The average Bonchev–Trinajstić information content (AvgIpc) is 2.32. The molecule has 1 aliphatic heterocycles. The van der Waals surface area contributed by atoms with Crippen LogP contribution in [0.25, 0.3) is 0 Å². The maximum absolute atomic E-state index is 11.8. The number of nitrogens with zero attached hydrogens (tertiary/aromatic N) is 1. The van der Waals surface area contributed by atoms with E-state index in [2.05, 4.69) is 49.8 Å². The molecular formula is C16H22N2O. The summed E-state index contributed by atoms with van der Waals surface area (Å²) in [6.07, 6.45) is 4.42. The van der Waals surface area contributed by atoms with Crippen LogP contribution >= 0.6 is 0 Å². The zero-order valence-corrected chi connectivity index (χ0v) is 12.0. The van der Waals surface area contributed by atoms with Crippen molar-refractivity contribution in [2.45, 2.75) is 45.4 Å². The minimum Gasteiger partial charge on any atom is -0.330 e. The van der Waals surface area contributed by atoms with Crippen molar-refractivity contribution in [3.8, 4) is 0 Å². The molecule has 1 aromatic rings. The normalized spacial score (nSPS) is 20.3. The molecule has 0 aliphatic carbocycles. The number of rotatable bonds is 2. The molecule has 102 valence electrons. The van der Waals surface area contributed by atoms with Crippen LogP contribution in [-0.2, 0) is 16.6 Å². The van der Waals surface area contributed by atoms with Gasteiger partial charge in [-0.1, -0.05) is 33.4 Å². The Morgan fingerprint density at radius 3 is 2.68 bits per heavy atom. The number of carbonyl (C=O) groups excluding carboxylic acids is 1. The first kappa shape index (κ1) is 13.8. The van der Waals surface area contributed by atoms with E-state index in [1.54, 1.807) is 0 Å². The molecule has 2 rings (SSSR count). The minimum atomic E-state index is 0.0489. The predicted molar refractivity (Wildman–Crippen MR) is 76.6 cm³/mol.